The van der Waals surface area contributed by atoms with Crippen LogP contribution in [0.25, 0.3) is 0 Å². The van der Waals surface area contributed by atoms with Gasteiger partial charge in [0.15, 0.2) is 5.96 Å². The van der Waals surface area contributed by atoms with Crippen molar-refractivity contribution in [2.75, 3.05) is 39.7 Å². The number of hydrogen-bond acceptors (Lipinski definition) is 4. The first-order valence-corrected chi connectivity index (χ1v) is 8.33. The lowest BCUT2D eigenvalue weighted by Gasteiger charge is -2.14. The van der Waals surface area contributed by atoms with Gasteiger partial charge < -0.3 is 20.3 Å². The SMILES string of the molecule is CN=C(NCCc1ccccc1OC)NCc1cccc(N(C)C)n1. The number of nitrogens with zero attached hydrogens (tertiary/aromatic N) is 3. The average molecular weight is 341 g/mol. The molecule has 0 radical (unpaired) electrons. The Morgan fingerprint density at radius 3 is 2.64 bits per heavy atom. The number of rotatable bonds is 7. The molecule has 2 rings (SSSR count). The molecular weight excluding hydrogens is 314 g/mol. The van der Waals surface area contributed by atoms with Gasteiger partial charge in [-0.1, -0.05) is 24.3 Å². The maximum Gasteiger partial charge on any atom is 0.191 e. The Bertz CT molecular complexity index is 700. The summed E-state index contributed by atoms with van der Waals surface area (Å²) in [6.45, 7) is 1.39. The second-order valence-corrected chi connectivity index (χ2v) is 5.80. The molecule has 0 aliphatic rings. The molecule has 0 unspecified atom stereocenters. The topological polar surface area (TPSA) is 61.8 Å². The highest BCUT2D eigenvalue weighted by Crippen LogP contribution is 2.17. The summed E-state index contributed by atoms with van der Waals surface area (Å²) in [5, 5.41) is 6.62. The van der Waals surface area contributed by atoms with Crippen LogP contribution in [0.1, 0.15) is 11.3 Å². The zero-order valence-corrected chi connectivity index (χ0v) is 15.4. The quantitative estimate of drug-likeness (QED) is 0.596. The van der Waals surface area contributed by atoms with Gasteiger partial charge in [-0.25, -0.2) is 4.98 Å². The van der Waals surface area contributed by atoms with Crippen molar-refractivity contribution in [3.8, 4) is 5.75 Å². The largest absolute Gasteiger partial charge is 0.496 e. The molecule has 2 N–H and O–H groups in total. The van der Waals surface area contributed by atoms with E-state index in [0.717, 1.165) is 36.2 Å². The van der Waals surface area contributed by atoms with Crippen LogP contribution in [-0.2, 0) is 13.0 Å². The summed E-state index contributed by atoms with van der Waals surface area (Å²) in [7, 11) is 7.43. The normalized spacial score (nSPS) is 11.1. The van der Waals surface area contributed by atoms with Gasteiger partial charge in [-0.2, -0.15) is 0 Å². The van der Waals surface area contributed by atoms with E-state index in [-0.39, 0.29) is 0 Å². The molecule has 0 aliphatic heterocycles. The van der Waals surface area contributed by atoms with Gasteiger partial charge in [-0.3, -0.25) is 4.99 Å². The second-order valence-electron chi connectivity index (χ2n) is 5.80. The van der Waals surface area contributed by atoms with Crippen LogP contribution in [0.3, 0.4) is 0 Å². The molecule has 1 aromatic heterocycles. The molecule has 1 aromatic carbocycles. The molecule has 0 amide bonds. The minimum atomic E-state index is 0.621. The third-order valence-electron chi connectivity index (χ3n) is 3.79. The number of ether oxygens (including phenoxy) is 1. The third kappa shape index (κ3) is 5.67. The van der Waals surface area contributed by atoms with Crippen molar-refractivity contribution in [1.82, 2.24) is 15.6 Å². The summed E-state index contributed by atoms with van der Waals surface area (Å²) >= 11 is 0. The molecule has 0 bridgehead atoms. The van der Waals surface area contributed by atoms with Crippen molar-refractivity contribution >= 4 is 11.8 Å². The minimum absolute atomic E-state index is 0.621. The summed E-state index contributed by atoms with van der Waals surface area (Å²) in [5.41, 5.74) is 2.15. The molecule has 25 heavy (non-hydrogen) atoms. The molecular formula is C19H27N5O. The number of benzene rings is 1. The van der Waals surface area contributed by atoms with E-state index in [9.17, 15) is 0 Å². The van der Waals surface area contributed by atoms with Gasteiger partial charge in [-0.15, -0.1) is 0 Å². The highest BCUT2D eigenvalue weighted by atomic mass is 16.5. The number of aromatic nitrogens is 1. The van der Waals surface area contributed by atoms with E-state index in [1.807, 2.05) is 55.4 Å². The van der Waals surface area contributed by atoms with E-state index in [2.05, 4.69) is 26.7 Å². The van der Waals surface area contributed by atoms with E-state index >= 15 is 0 Å². The number of para-hydroxylation sites is 1. The first kappa shape index (κ1) is 18.6. The summed E-state index contributed by atoms with van der Waals surface area (Å²) in [6, 6.07) is 14.1. The standard InChI is InChI=1S/C19H27N5O/c1-20-19(21-13-12-15-8-5-6-10-17(15)25-4)22-14-16-9-7-11-18(23-16)24(2)3/h5-11H,12-14H2,1-4H3,(H2,20,21,22). The number of nitrogens with one attached hydrogen (secondary N) is 2. The molecule has 0 spiro atoms. The van der Waals surface area contributed by atoms with E-state index in [4.69, 9.17) is 4.74 Å². The lowest BCUT2D eigenvalue weighted by molar-refractivity contribution is 0.409. The van der Waals surface area contributed by atoms with E-state index in [0.29, 0.717) is 6.54 Å². The Kier molecular flexibility index (Phi) is 7.07. The predicted molar refractivity (Wildman–Crippen MR) is 103 cm³/mol. The molecule has 0 aliphatic carbocycles. The molecule has 6 heteroatoms. The second kappa shape index (κ2) is 9.52. The van der Waals surface area contributed by atoms with Crippen LogP contribution in [0.15, 0.2) is 47.5 Å². The summed E-state index contributed by atoms with van der Waals surface area (Å²) < 4.78 is 5.38. The smallest absolute Gasteiger partial charge is 0.191 e. The fourth-order valence-corrected chi connectivity index (χ4v) is 2.43. The summed E-state index contributed by atoms with van der Waals surface area (Å²) in [6.07, 6.45) is 0.860. The maximum absolute atomic E-state index is 5.38. The molecule has 0 saturated heterocycles. The molecule has 2 aromatic rings. The molecule has 0 fully saturated rings. The Morgan fingerprint density at radius 1 is 1.12 bits per heavy atom. The lowest BCUT2D eigenvalue weighted by atomic mass is 10.1. The molecule has 0 atom stereocenters. The van der Waals surface area contributed by atoms with Crippen LogP contribution in [0.5, 0.6) is 5.75 Å². The number of hydrogen-bond donors (Lipinski definition) is 2. The van der Waals surface area contributed by atoms with Crippen LogP contribution < -0.4 is 20.3 Å². The van der Waals surface area contributed by atoms with Crippen LogP contribution in [0, 0.1) is 0 Å². The van der Waals surface area contributed by atoms with Crippen molar-refractivity contribution in [2.24, 2.45) is 4.99 Å². The Balaban J connectivity index is 1.84. The average Bonchev–Trinajstić information content (AvgIpc) is 2.65. The number of pyridine rings is 1. The first-order chi connectivity index (χ1) is 12.1. The van der Waals surface area contributed by atoms with Gasteiger partial charge in [0.1, 0.15) is 11.6 Å². The number of aliphatic imine (C=N–C) groups is 1. The van der Waals surface area contributed by atoms with E-state index < -0.39 is 0 Å². The van der Waals surface area contributed by atoms with Crippen molar-refractivity contribution in [3.63, 3.8) is 0 Å². The van der Waals surface area contributed by atoms with E-state index in [1.54, 1.807) is 14.2 Å². The summed E-state index contributed by atoms with van der Waals surface area (Å²) in [4.78, 5) is 10.8. The fourth-order valence-electron chi connectivity index (χ4n) is 2.43. The third-order valence-corrected chi connectivity index (χ3v) is 3.79. The Labute approximate surface area is 149 Å². The first-order valence-electron chi connectivity index (χ1n) is 8.33. The maximum atomic E-state index is 5.38. The zero-order valence-electron chi connectivity index (χ0n) is 15.4. The number of guanidine groups is 1. The molecule has 134 valence electrons. The molecule has 6 nitrogen and oxygen atoms in total. The van der Waals surface area contributed by atoms with Crippen molar-refractivity contribution in [1.29, 1.82) is 0 Å². The van der Waals surface area contributed by atoms with Gasteiger partial charge in [0.05, 0.1) is 19.3 Å². The van der Waals surface area contributed by atoms with Gasteiger partial charge in [0, 0.05) is 27.7 Å². The Morgan fingerprint density at radius 2 is 1.92 bits per heavy atom. The zero-order chi connectivity index (χ0) is 18.1. The van der Waals surface area contributed by atoms with Crippen LogP contribution in [0.4, 0.5) is 5.82 Å². The predicted octanol–water partition coefficient (Wildman–Crippen LogP) is 2.06. The van der Waals surface area contributed by atoms with Crippen LogP contribution in [0.2, 0.25) is 0 Å². The molecule has 0 saturated carbocycles. The fraction of sp³-hybridized carbons (Fsp3) is 0.368. The monoisotopic (exact) mass is 341 g/mol. The summed E-state index contributed by atoms with van der Waals surface area (Å²) in [5.74, 6) is 2.61. The molecule has 1 heterocycles. The van der Waals surface area contributed by atoms with Crippen molar-refractivity contribution < 1.29 is 4.74 Å². The number of anilines is 1. The van der Waals surface area contributed by atoms with Crippen molar-refractivity contribution in [2.45, 2.75) is 13.0 Å². The van der Waals surface area contributed by atoms with Crippen LogP contribution >= 0.6 is 0 Å². The van der Waals surface area contributed by atoms with Crippen LogP contribution in [-0.4, -0.2) is 45.7 Å². The van der Waals surface area contributed by atoms with Crippen molar-refractivity contribution in [3.05, 3.63) is 53.7 Å². The van der Waals surface area contributed by atoms with Gasteiger partial charge in [0.25, 0.3) is 0 Å². The van der Waals surface area contributed by atoms with Gasteiger partial charge in [0.2, 0.25) is 0 Å². The highest BCUT2D eigenvalue weighted by Gasteiger charge is 2.04. The lowest BCUT2D eigenvalue weighted by Crippen LogP contribution is -2.38. The van der Waals surface area contributed by atoms with Gasteiger partial charge >= 0.3 is 0 Å². The van der Waals surface area contributed by atoms with Gasteiger partial charge in [-0.05, 0) is 30.2 Å². The Hall–Kier alpha value is -2.76. The minimum Gasteiger partial charge on any atom is -0.496 e. The van der Waals surface area contributed by atoms with E-state index in [1.165, 1.54) is 5.56 Å². The number of methoxy groups -OCH3 is 1. The highest BCUT2D eigenvalue weighted by molar-refractivity contribution is 5.79.